The number of hydrogen-bond acceptors (Lipinski definition) is 6. The first kappa shape index (κ1) is 22.1. The monoisotopic (exact) mass is 450 g/mol. The van der Waals surface area contributed by atoms with Crippen molar-refractivity contribution in [3.05, 3.63) is 65.7 Å². The molecule has 0 amide bonds. The number of halogens is 1. The fourth-order valence-electron chi connectivity index (χ4n) is 2.69. The van der Waals surface area contributed by atoms with Crippen LogP contribution >= 0.6 is 11.8 Å². The van der Waals surface area contributed by atoms with Crippen LogP contribution in [0.4, 0.5) is 10.1 Å². The number of hydrogen-bond donors (Lipinski definition) is 0. The van der Waals surface area contributed by atoms with Crippen LogP contribution in [0.15, 0.2) is 53.7 Å². The van der Waals surface area contributed by atoms with Crippen molar-refractivity contribution >= 4 is 27.5 Å². The molecule has 3 rings (SSSR count). The quantitative estimate of drug-likeness (QED) is 0.367. The molecule has 2 aromatic carbocycles. The summed E-state index contributed by atoms with van der Waals surface area (Å²) in [6.45, 7) is 2.31. The molecule has 30 heavy (non-hydrogen) atoms. The number of thioether (sulfide) groups is 1. The molecule has 10 heteroatoms. The molecular formula is C20H23FN4O3S2. The van der Waals surface area contributed by atoms with Crippen molar-refractivity contribution in [3.8, 4) is 5.75 Å². The van der Waals surface area contributed by atoms with E-state index in [1.807, 2.05) is 19.1 Å². The van der Waals surface area contributed by atoms with E-state index in [-0.39, 0.29) is 12.3 Å². The van der Waals surface area contributed by atoms with Gasteiger partial charge in [0.15, 0.2) is 22.5 Å². The number of sulfonamides is 1. The summed E-state index contributed by atoms with van der Waals surface area (Å²) in [4.78, 5) is 0. The molecule has 0 aliphatic heterocycles. The average molecular weight is 451 g/mol. The second-order valence-electron chi connectivity index (χ2n) is 6.69. The van der Waals surface area contributed by atoms with Gasteiger partial charge >= 0.3 is 0 Å². The molecule has 1 aromatic heterocycles. The van der Waals surface area contributed by atoms with Crippen LogP contribution in [-0.4, -0.2) is 41.8 Å². The van der Waals surface area contributed by atoms with Gasteiger partial charge in [-0.2, -0.15) is 0 Å². The van der Waals surface area contributed by atoms with Gasteiger partial charge in [0, 0.05) is 12.8 Å². The highest BCUT2D eigenvalue weighted by Crippen LogP contribution is 2.23. The lowest BCUT2D eigenvalue weighted by Gasteiger charge is -2.22. The number of para-hydroxylation sites is 1. The Labute approximate surface area is 179 Å². The van der Waals surface area contributed by atoms with Crippen LogP contribution in [0.2, 0.25) is 0 Å². The third-order valence-electron chi connectivity index (χ3n) is 4.34. The Morgan fingerprint density at radius 2 is 1.83 bits per heavy atom. The van der Waals surface area contributed by atoms with E-state index < -0.39 is 15.8 Å². The highest BCUT2D eigenvalue weighted by molar-refractivity contribution is 7.99. The van der Waals surface area contributed by atoms with Gasteiger partial charge in [-0.1, -0.05) is 41.6 Å². The summed E-state index contributed by atoms with van der Waals surface area (Å²) in [5.41, 5.74) is 1.61. The van der Waals surface area contributed by atoms with Gasteiger partial charge in [-0.15, -0.1) is 10.2 Å². The van der Waals surface area contributed by atoms with Crippen LogP contribution in [0.5, 0.6) is 5.75 Å². The molecule has 0 saturated carbocycles. The largest absolute Gasteiger partial charge is 0.490 e. The van der Waals surface area contributed by atoms with Crippen molar-refractivity contribution in [2.24, 2.45) is 7.05 Å². The van der Waals surface area contributed by atoms with Gasteiger partial charge in [0.05, 0.1) is 25.1 Å². The van der Waals surface area contributed by atoms with Crippen molar-refractivity contribution in [2.75, 3.05) is 22.9 Å². The van der Waals surface area contributed by atoms with Crippen LogP contribution in [0.3, 0.4) is 0 Å². The Bertz CT molecular complexity index is 1100. The number of benzene rings is 2. The highest BCUT2D eigenvalue weighted by Gasteiger charge is 2.21. The van der Waals surface area contributed by atoms with Gasteiger partial charge in [0.1, 0.15) is 0 Å². The minimum atomic E-state index is -3.50. The minimum Gasteiger partial charge on any atom is -0.490 e. The Balaban J connectivity index is 1.65. The highest BCUT2D eigenvalue weighted by atomic mass is 32.2. The van der Waals surface area contributed by atoms with Crippen molar-refractivity contribution in [3.63, 3.8) is 0 Å². The topological polar surface area (TPSA) is 77.3 Å². The first-order valence-corrected chi connectivity index (χ1v) is 12.0. The van der Waals surface area contributed by atoms with Gasteiger partial charge in [-0.3, -0.25) is 4.31 Å². The van der Waals surface area contributed by atoms with E-state index >= 15 is 0 Å². The summed E-state index contributed by atoms with van der Waals surface area (Å²) < 4.78 is 46.7. The van der Waals surface area contributed by atoms with Crippen molar-refractivity contribution in [2.45, 2.75) is 18.6 Å². The fraction of sp³-hybridized carbons (Fsp3) is 0.300. The molecule has 3 aromatic rings. The fourth-order valence-corrected chi connectivity index (χ4v) is 4.30. The van der Waals surface area contributed by atoms with Gasteiger partial charge in [0.2, 0.25) is 10.0 Å². The molecule has 0 bridgehead atoms. The summed E-state index contributed by atoms with van der Waals surface area (Å²) >= 11 is 1.40. The van der Waals surface area contributed by atoms with Crippen LogP contribution in [0, 0.1) is 12.7 Å². The average Bonchev–Trinajstić information content (AvgIpc) is 3.04. The first-order chi connectivity index (χ1) is 14.3. The number of ether oxygens (including phenoxy) is 1. The van der Waals surface area contributed by atoms with Crippen LogP contribution in [-0.2, 0) is 23.6 Å². The Morgan fingerprint density at radius 1 is 1.13 bits per heavy atom. The zero-order chi connectivity index (χ0) is 21.7. The SMILES string of the molecule is Cc1ccc(N(Cc2nnc(SCCOc3ccccc3F)n2C)S(C)(=O)=O)cc1. The Kier molecular flexibility index (Phi) is 6.99. The molecule has 0 spiro atoms. The smallest absolute Gasteiger partial charge is 0.232 e. The normalized spacial score (nSPS) is 11.5. The van der Waals surface area contributed by atoms with Gasteiger partial charge in [0.25, 0.3) is 0 Å². The van der Waals surface area contributed by atoms with E-state index in [1.165, 1.54) is 28.4 Å². The summed E-state index contributed by atoms with van der Waals surface area (Å²) in [6, 6.07) is 13.5. The zero-order valence-electron chi connectivity index (χ0n) is 16.9. The molecule has 0 atom stereocenters. The van der Waals surface area contributed by atoms with Crippen LogP contribution < -0.4 is 9.04 Å². The summed E-state index contributed by atoms with van der Waals surface area (Å²) in [7, 11) is -1.72. The molecule has 0 N–H and O–H groups in total. The minimum absolute atomic E-state index is 0.0671. The van der Waals surface area contributed by atoms with E-state index in [4.69, 9.17) is 4.74 Å². The summed E-state index contributed by atoms with van der Waals surface area (Å²) in [6.07, 6.45) is 1.17. The second-order valence-corrected chi connectivity index (χ2v) is 9.66. The molecule has 160 valence electrons. The molecule has 1 heterocycles. The number of rotatable bonds is 9. The number of aryl methyl sites for hydroxylation is 1. The van der Waals surface area contributed by atoms with E-state index in [9.17, 15) is 12.8 Å². The van der Waals surface area contributed by atoms with Crippen molar-refractivity contribution in [1.82, 2.24) is 14.8 Å². The zero-order valence-corrected chi connectivity index (χ0v) is 18.6. The van der Waals surface area contributed by atoms with Crippen LogP contribution in [0.25, 0.3) is 0 Å². The summed E-state index contributed by atoms with van der Waals surface area (Å²) in [5, 5.41) is 8.92. The van der Waals surface area contributed by atoms with Crippen molar-refractivity contribution in [1.29, 1.82) is 0 Å². The molecule has 0 unspecified atom stereocenters. The van der Waals surface area contributed by atoms with E-state index in [2.05, 4.69) is 10.2 Å². The third kappa shape index (κ3) is 5.51. The maximum absolute atomic E-state index is 13.6. The second kappa shape index (κ2) is 9.48. The lowest BCUT2D eigenvalue weighted by Crippen LogP contribution is -2.30. The number of anilines is 1. The lowest BCUT2D eigenvalue weighted by atomic mass is 10.2. The molecule has 0 saturated heterocycles. The van der Waals surface area contributed by atoms with Gasteiger partial charge in [-0.25, -0.2) is 12.8 Å². The first-order valence-electron chi connectivity index (χ1n) is 9.18. The maximum Gasteiger partial charge on any atom is 0.232 e. The maximum atomic E-state index is 13.6. The predicted octanol–water partition coefficient (Wildman–Crippen LogP) is 3.40. The molecule has 0 aliphatic carbocycles. The molecular weight excluding hydrogens is 427 g/mol. The molecule has 7 nitrogen and oxygen atoms in total. The van der Waals surface area contributed by atoms with E-state index in [1.54, 1.807) is 41.9 Å². The molecule has 0 radical (unpaired) electrons. The van der Waals surface area contributed by atoms with Crippen molar-refractivity contribution < 1.29 is 17.5 Å². The van der Waals surface area contributed by atoms with Crippen LogP contribution in [0.1, 0.15) is 11.4 Å². The summed E-state index contributed by atoms with van der Waals surface area (Å²) in [5.74, 6) is 0.853. The van der Waals surface area contributed by atoms with E-state index in [0.717, 1.165) is 5.56 Å². The predicted molar refractivity (Wildman–Crippen MR) is 116 cm³/mol. The lowest BCUT2D eigenvalue weighted by molar-refractivity contribution is 0.325. The number of aromatic nitrogens is 3. The van der Waals surface area contributed by atoms with Gasteiger partial charge in [-0.05, 0) is 31.2 Å². The van der Waals surface area contributed by atoms with E-state index in [0.29, 0.717) is 29.0 Å². The van der Waals surface area contributed by atoms with Gasteiger partial charge < -0.3 is 9.30 Å². The Hall–Kier alpha value is -2.59. The Morgan fingerprint density at radius 3 is 2.50 bits per heavy atom. The number of nitrogens with zero attached hydrogens (tertiary/aromatic N) is 4. The third-order valence-corrected chi connectivity index (χ3v) is 6.47. The molecule has 0 aliphatic rings. The standard InChI is InChI=1S/C20H23FN4O3S2/c1-15-8-10-16(11-9-15)25(30(3,26)27)14-19-22-23-20(24(19)2)29-13-12-28-18-7-5-4-6-17(18)21/h4-11H,12-14H2,1-3H3. The molecule has 0 fully saturated rings.